The smallest absolute Gasteiger partial charge is 0.247 e. The van der Waals surface area contributed by atoms with Crippen molar-refractivity contribution < 1.29 is 14.3 Å². The lowest BCUT2D eigenvalue weighted by Gasteiger charge is -2.22. The fraction of sp³-hybridized carbons (Fsp3) is 0.348. The molecule has 1 amide bonds. The van der Waals surface area contributed by atoms with E-state index in [9.17, 15) is 4.79 Å². The Balaban J connectivity index is 1.80. The van der Waals surface area contributed by atoms with Crippen molar-refractivity contribution in [3.05, 3.63) is 65.6 Å². The van der Waals surface area contributed by atoms with Crippen molar-refractivity contribution in [3.8, 4) is 11.5 Å². The number of hydrogen-bond donors (Lipinski definition) is 2. The van der Waals surface area contributed by atoms with Crippen molar-refractivity contribution >= 4 is 12.1 Å². The highest BCUT2D eigenvalue weighted by Gasteiger charge is 2.22. The number of aromatic nitrogens is 1. The van der Waals surface area contributed by atoms with Crippen LogP contribution in [-0.2, 0) is 11.3 Å². The van der Waals surface area contributed by atoms with E-state index in [2.05, 4.69) is 27.5 Å². The Kier molecular flexibility index (Phi) is 7.83. The molecule has 1 aliphatic heterocycles. The summed E-state index contributed by atoms with van der Waals surface area (Å²) >= 11 is 0. The third kappa shape index (κ3) is 5.83. The van der Waals surface area contributed by atoms with Gasteiger partial charge in [0.1, 0.15) is 19.3 Å². The SMILES string of the molecule is CC/C(=C/NC(C(=O)NCc1ccncc1)c1ccc2c(c1)OCCO2)CC=NC. The maximum Gasteiger partial charge on any atom is 0.247 e. The van der Waals surface area contributed by atoms with Gasteiger partial charge in [0.2, 0.25) is 5.91 Å². The second-order valence-corrected chi connectivity index (χ2v) is 6.88. The molecule has 7 heteroatoms. The van der Waals surface area contributed by atoms with E-state index in [-0.39, 0.29) is 5.91 Å². The average molecular weight is 409 g/mol. The van der Waals surface area contributed by atoms with Crippen LogP contribution in [-0.4, -0.2) is 37.4 Å². The number of aliphatic imine (C=N–C) groups is 1. The first-order valence-electron chi connectivity index (χ1n) is 10.1. The number of nitrogens with one attached hydrogen (secondary N) is 2. The normalized spacial score (nSPS) is 14.4. The maximum atomic E-state index is 13.1. The lowest BCUT2D eigenvalue weighted by Crippen LogP contribution is -2.35. The van der Waals surface area contributed by atoms with Crippen LogP contribution in [0.3, 0.4) is 0 Å². The number of carbonyl (C=O) groups is 1. The Hall–Kier alpha value is -3.35. The molecule has 0 saturated carbocycles. The Bertz CT molecular complexity index is 897. The molecular formula is C23H28N4O3. The fourth-order valence-electron chi connectivity index (χ4n) is 3.07. The number of ether oxygens (including phenoxy) is 2. The number of benzene rings is 1. The molecule has 30 heavy (non-hydrogen) atoms. The number of carbonyl (C=O) groups excluding carboxylic acids is 1. The van der Waals surface area contributed by atoms with Crippen LogP contribution in [0.15, 0.2) is 59.5 Å². The highest BCUT2D eigenvalue weighted by molar-refractivity contribution is 5.83. The molecule has 2 N–H and O–H groups in total. The Morgan fingerprint density at radius 1 is 1.20 bits per heavy atom. The molecule has 2 heterocycles. The van der Waals surface area contributed by atoms with Crippen LogP contribution in [0.5, 0.6) is 11.5 Å². The monoisotopic (exact) mass is 408 g/mol. The summed E-state index contributed by atoms with van der Waals surface area (Å²) in [6, 6.07) is 8.80. The van der Waals surface area contributed by atoms with E-state index in [0.717, 1.165) is 29.5 Å². The van der Waals surface area contributed by atoms with Crippen molar-refractivity contribution in [2.24, 2.45) is 4.99 Å². The molecule has 0 fully saturated rings. The number of pyridine rings is 1. The molecular weight excluding hydrogens is 380 g/mol. The summed E-state index contributed by atoms with van der Waals surface area (Å²) in [7, 11) is 1.76. The minimum absolute atomic E-state index is 0.126. The standard InChI is InChI=1S/C23H28N4O3/c1-3-17(6-9-24-2)15-26-22(23(28)27-16-18-7-10-25-11-8-18)19-4-5-20-21(14-19)30-13-12-29-20/h4-5,7-11,14-15,22,26H,3,6,12-13,16H2,1-2H3,(H,27,28)/b17-15-,24-9?. The van der Waals surface area contributed by atoms with Gasteiger partial charge in [0.15, 0.2) is 11.5 Å². The quantitative estimate of drug-likeness (QED) is 0.623. The summed E-state index contributed by atoms with van der Waals surface area (Å²) in [5.41, 5.74) is 2.95. The van der Waals surface area contributed by atoms with Crippen LogP contribution in [0.1, 0.15) is 36.9 Å². The van der Waals surface area contributed by atoms with Crippen molar-refractivity contribution in [1.82, 2.24) is 15.6 Å². The van der Waals surface area contributed by atoms with Gasteiger partial charge < -0.3 is 25.1 Å². The lowest BCUT2D eigenvalue weighted by atomic mass is 10.0. The van der Waals surface area contributed by atoms with Gasteiger partial charge in [-0.1, -0.05) is 13.0 Å². The highest BCUT2D eigenvalue weighted by Crippen LogP contribution is 2.32. The number of nitrogens with zero attached hydrogens (tertiary/aromatic N) is 2. The summed E-state index contributed by atoms with van der Waals surface area (Å²) in [6.45, 7) is 3.54. The number of amides is 1. The molecule has 2 aromatic rings. The molecule has 1 aromatic heterocycles. The minimum Gasteiger partial charge on any atom is -0.486 e. The summed E-state index contributed by atoms with van der Waals surface area (Å²) in [5, 5.41) is 6.30. The van der Waals surface area contributed by atoms with Crippen molar-refractivity contribution in [1.29, 1.82) is 0 Å². The Morgan fingerprint density at radius 3 is 2.70 bits per heavy atom. The van der Waals surface area contributed by atoms with Crippen LogP contribution in [0, 0.1) is 0 Å². The van der Waals surface area contributed by atoms with Crippen LogP contribution in [0.4, 0.5) is 0 Å². The van der Waals surface area contributed by atoms with Gasteiger partial charge in [0.05, 0.1) is 0 Å². The topological polar surface area (TPSA) is 84.8 Å². The van der Waals surface area contributed by atoms with Crippen molar-refractivity contribution in [2.45, 2.75) is 32.4 Å². The van der Waals surface area contributed by atoms with Gasteiger partial charge in [0, 0.05) is 38.6 Å². The van der Waals surface area contributed by atoms with Crippen molar-refractivity contribution in [3.63, 3.8) is 0 Å². The number of rotatable bonds is 9. The second kappa shape index (κ2) is 11.0. The van der Waals surface area contributed by atoms with Crippen LogP contribution in [0.25, 0.3) is 0 Å². The zero-order chi connectivity index (χ0) is 21.2. The molecule has 0 bridgehead atoms. The third-order valence-corrected chi connectivity index (χ3v) is 4.82. The molecule has 0 aliphatic carbocycles. The van der Waals surface area contributed by atoms with E-state index >= 15 is 0 Å². The van der Waals surface area contributed by atoms with E-state index in [1.165, 1.54) is 0 Å². The van der Waals surface area contributed by atoms with Gasteiger partial charge in [0.25, 0.3) is 0 Å². The average Bonchev–Trinajstić information content (AvgIpc) is 2.80. The predicted molar refractivity (Wildman–Crippen MR) is 117 cm³/mol. The molecule has 1 atom stereocenters. The molecule has 0 saturated heterocycles. The van der Waals surface area contributed by atoms with Gasteiger partial charge >= 0.3 is 0 Å². The highest BCUT2D eigenvalue weighted by atomic mass is 16.6. The number of hydrogen-bond acceptors (Lipinski definition) is 6. The first-order valence-corrected chi connectivity index (χ1v) is 10.1. The Labute approximate surface area is 177 Å². The van der Waals surface area contributed by atoms with Crippen LogP contribution in [0.2, 0.25) is 0 Å². The van der Waals surface area contributed by atoms with Gasteiger partial charge in [-0.3, -0.25) is 9.78 Å². The zero-order valence-electron chi connectivity index (χ0n) is 17.4. The van der Waals surface area contributed by atoms with Gasteiger partial charge in [-0.2, -0.15) is 0 Å². The van der Waals surface area contributed by atoms with Gasteiger partial charge in [-0.15, -0.1) is 0 Å². The summed E-state index contributed by atoms with van der Waals surface area (Å²) in [6.07, 6.45) is 8.81. The molecule has 1 aromatic carbocycles. The number of fused-ring (bicyclic) bond motifs is 1. The number of allylic oxidation sites excluding steroid dienone is 1. The van der Waals surface area contributed by atoms with Gasteiger partial charge in [-0.05, 0) is 53.6 Å². The summed E-state index contributed by atoms with van der Waals surface area (Å²) in [4.78, 5) is 21.1. The molecule has 3 rings (SSSR count). The summed E-state index contributed by atoms with van der Waals surface area (Å²) in [5.74, 6) is 1.23. The predicted octanol–water partition coefficient (Wildman–Crippen LogP) is 3.18. The lowest BCUT2D eigenvalue weighted by molar-refractivity contribution is -0.123. The maximum absolute atomic E-state index is 13.1. The molecule has 0 radical (unpaired) electrons. The molecule has 1 unspecified atom stereocenters. The molecule has 7 nitrogen and oxygen atoms in total. The van der Waals surface area contributed by atoms with E-state index in [0.29, 0.717) is 31.3 Å². The van der Waals surface area contributed by atoms with Crippen molar-refractivity contribution in [2.75, 3.05) is 20.3 Å². The second-order valence-electron chi connectivity index (χ2n) is 6.88. The Morgan fingerprint density at radius 2 is 1.97 bits per heavy atom. The summed E-state index contributed by atoms with van der Waals surface area (Å²) < 4.78 is 11.3. The van der Waals surface area contributed by atoms with E-state index in [1.807, 2.05) is 42.7 Å². The molecule has 0 spiro atoms. The fourth-order valence-corrected chi connectivity index (χ4v) is 3.07. The van der Waals surface area contributed by atoms with Gasteiger partial charge in [-0.25, -0.2) is 0 Å². The third-order valence-electron chi connectivity index (χ3n) is 4.82. The van der Waals surface area contributed by atoms with Crippen LogP contribution >= 0.6 is 0 Å². The molecule has 1 aliphatic rings. The largest absolute Gasteiger partial charge is 0.486 e. The van der Waals surface area contributed by atoms with E-state index in [1.54, 1.807) is 19.4 Å². The molecule has 158 valence electrons. The van der Waals surface area contributed by atoms with E-state index in [4.69, 9.17) is 9.47 Å². The van der Waals surface area contributed by atoms with Crippen LogP contribution < -0.4 is 20.1 Å². The van der Waals surface area contributed by atoms with E-state index < -0.39 is 6.04 Å². The first kappa shape index (κ1) is 21.4. The minimum atomic E-state index is -0.567. The zero-order valence-corrected chi connectivity index (χ0v) is 17.4. The first-order chi connectivity index (χ1) is 14.7.